The van der Waals surface area contributed by atoms with Crippen molar-refractivity contribution >= 4 is 28.3 Å². The number of anilines is 2. The highest BCUT2D eigenvalue weighted by atomic mass is 16.2. The summed E-state index contributed by atoms with van der Waals surface area (Å²) >= 11 is 0. The summed E-state index contributed by atoms with van der Waals surface area (Å²) in [5.41, 5.74) is 7.27. The van der Waals surface area contributed by atoms with E-state index in [1.54, 1.807) is 11.0 Å². The molecule has 2 rings (SSSR count). The van der Waals surface area contributed by atoms with Crippen LogP contribution in [0.3, 0.4) is 0 Å². The summed E-state index contributed by atoms with van der Waals surface area (Å²) in [7, 11) is 1.83. The molecule has 0 saturated heterocycles. The van der Waals surface area contributed by atoms with E-state index in [1.807, 2.05) is 26.1 Å². The number of amides is 1. The molecule has 20 heavy (non-hydrogen) atoms. The Labute approximate surface area is 118 Å². The zero-order valence-corrected chi connectivity index (χ0v) is 11.8. The van der Waals surface area contributed by atoms with Crippen LogP contribution in [0.25, 0.3) is 10.9 Å². The first kappa shape index (κ1) is 14.0. The van der Waals surface area contributed by atoms with Crippen LogP contribution < -0.4 is 16.0 Å². The fraction of sp³-hybridized carbons (Fsp3) is 0.357. The smallest absolute Gasteiger partial charge is 0.239 e. The van der Waals surface area contributed by atoms with Crippen LogP contribution in [0.1, 0.15) is 13.3 Å². The van der Waals surface area contributed by atoms with Gasteiger partial charge in [-0.2, -0.15) is 0 Å². The minimum Gasteiger partial charge on any atom is -0.399 e. The predicted molar refractivity (Wildman–Crippen MR) is 80.5 cm³/mol. The fourth-order valence-corrected chi connectivity index (χ4v) is 1.98. The number of benzene rings is 1. The van der Waals surface area contributed by atoms with E-state index in [0.29, 0.717) is 18.1 Å². The zero-order valence-electron chi connectivity index (χ0n) is 11.8. The van der Waals surface area contributed by atoms with E-state index in [-0.39, 0.29) is 12.5 Å². The number of nitrogens with one attached hydrogen (secondary N) is 1. The number of fused-ring (bicyclic) bond motifs is 1. The minimum absolute atomic E-state index is 0.0231. The Hall–Kier alpha value is -2.37. The van der Waals surface area contributed by atoms with E-state index in [1.165, 1.54) is 6.33 Å². The number of nitrogens with two attached hydrogens (primary N) is 1. The Morgan fingerprint density at radius 3 is 2.95 bits per heavy atom. The summed E-state index contributed by atoms with van der Waals surface area (Å²) in [5, 5.41) is 3.69. The molecule has 1 heterocycles. The Balaban J connectivity index is 2.23. The third kappa shape index (κ3) is 3.14. The van der Waals surface area contributed by atoms with E-state index in [2.05, 4.69) is 15.3 Å². The van der Waals surface area contributed by atoms with Crippen LogP contribution in [0, 0.1) is 0 Å². The molecule has 106 valence electrons. The summed E-state index contributed by atoms with van der Waals surface area (Å²) in [5.74, 6) is 0.680. The molecule has 0 radical (unpaired) electrons. The monoisotopic (exact) mass is 273 g/mol. The maximum absolute atomic E-state index is 11.8. The summed E-state index contributed by atoms with van der Waals surface area (Å²) in [4.78, 5) is 22.0. The van der Waals surface area contributed by atoms with Gasteiger partial charge in [-0.3, -0.25) is 4.79 Å². The molecule has 0 unspecified atom stereocenters. The topological polar surface area (TPSA) is 84.1 Å². The number of nitrogens with zero attached hydrogens (tertiary/aromatic N) is 3. The molecule has 3 N–H and O–H groups in total. The molecule has 1 aromatic carbocycles. The maximum Gasteiger partial charge on any atom is 0.239 e. The minimum atomic E-state index is -0.0231. The number of hydrogen-bond acceptors (Lipinski definition) is 5. The predicted octanol–water partition coefficient (Wildman–Crippen LogP) is 1.17. The van der Waals surface area contributed by atoms with Crippen LogP contribution in [0.4, 0.5) is 11.5 Å². The van der Waals surface area contributed by atoms with Crippen LogP contribution in [0.2, 0.25) is 0 Å². The molecule has 0 aliphatic carbocycles. The molecule has 0 bridgehead atoms. The first-order valence-corrected chi connectivity index (χ1v) is 6.60. The Morgan fingerprint density at radius 1 is 1.40 bits per heavy atom. The van der Waals surface area contributed by atoms with Gasteiger partial charge in [0.25, 0.3) is 0 Å². The van der Waals surface area contributed by atoms with Gasteiger partial charge in [-0.1, -0.05) is 6.92 Å². The number of nitrogen functional groups attached to an aromatic ring is 1. The Bertz CT molecular complexity index is 614. The molecule has 0 aliphatic heterocycles. The van der Waals surface area contributed by atoms with Crippen LogP contribution in [0.15, 0.2) is 24.5 Å². The number of rotatable bonds is 5. The number of carbonyl (C=O) groups excluding carboxylic acids is 1. The van der Waals surface area contributed by atoms with Gasteiger partial charge < -0.3 is 16.0 Å². The molecule has 0 atom stereocenters. The van der Waals surface area contributed by atoms with Crippen molar-refractivity contribution in [1.82, 2.24) is 15.3 Å². The van der Waals surface area contributed by atoms with Crippen molar-refractivity contribution < 1.29 is 4.79 Å². The molecule has 0 spiro atoms. The lowest BCUT2D eigenvalue weighted by Crippen LogP contribution is -2.35. The van der Waals surface area contributed by atoms with E-state index in [4.69, 9.17) is 5.73 Å². The second-order valence-electron chi connectivity index (χ2n) is 4.68. The number of carbonyl (C=O) groups is 1. The van der Waals surface area contributed by atoms with Gasteiger partial charge in [-0.15, -0.1) is 0 Å². The summed E-state index contributed by atoms with van der Waals surface area (Å²) in [6.07, 6.45) is 2.41. The number of hydrogen-bond donors (Lipinski definition) is 2. The Kier molecular flexibility index (Phi) is 4.34. The van der Waals surface area contributed by atoms with Gasteiger partial charge >= 0.3 is 0 Å². The van der Waals surface area contributed by atoms with Gasteiger partial charge in [-0.05, 0) is 24.6 Å². The van der Waals surface area contributed by atoms with Crippen LogP contribution in [0.5, 0.6) is 0 Å². The highest BCUT2D eigenvalue weighted by molar-refractivity contribution is 5.93. The fourth-order valence-electron chi connectivity index (χ4n) is 1.98. The molecule has 0 aliphatic rings. The van der Waals surface area contributed by atoms with Gasteiger partial charge in [-0.25, -0.2) is 9.97 Å². The number of likely N-dealkylation sites (N-methyl/N-ethyl adjacent to an activating group) is 1. The van der Waals surface area contributed by atoms with Crippen molar-refractivity contribution in [3.05, 3.63) is 24.5 Å². The molecule has 0 fully saturated rings. The van der Waals surface area contributed by atoms with Gasteiger partial charge in [0.2, 0.25) is 5.91 Å². The Morgan fingerprint density at radius 2 is 2.20 bits per heavy atom. The van der Waals surface area contributed by atoms with Gasteiger partial charge in [0, 0.05) is 24.7 Å². The van der Waals surface area contributed by atoms with Crippen molar-refractivity contribution in [2.75, 3.05) is 30.8 Å². The van der Waals surface area contributed by atoms with E-state index >= 15 is 0 Å². The van der Waals surface area contributed by atoms with E-state index < -0.39 is 0 Å². The van der Waals surface area contributed by atoms with Crippen molar-refractivity contribution in [2.24, 2.45) is 0 Å². The molecule has 1 amide bonds. The third-order valence-corrected chi connectivity index (χ3v) is 2.95. The van der Waals surface area contributed by atoms with Crippen molar-refractivity contribution in [3.63, 3.8) is 0 Å². The van der Waals surface area contributed by atoms with Crippen LogP contribution in [-0.4, -0.2) is 36.0 Å². The lowest BCUT2D eigenvalue weighted by atomic mass is 10.2. The molecule has 6 heteroatoms. The average Bonchev–Trinajstić information content (AvgIpc) is 2.44. The second-order valence-corrected chi connectivity index (χ2v) is 4.68. The lowest BCUT2D eigenvalue weighted by molar-refractivity contribution is -0.119. The molecule has 0 saturated carbocycles. The molecule has 1 aromatic heterocycles. The summed E-state index contributed by atoms with van der Waals surface area (Å²) in [6, 6.07) is 5.47. The standard InChI is InChI=1S/C14H19N5O/c1-3-6-16-13(20)8-19(2)14-11-7-10(15)4-5-12(11)17-9-18-14/h4-5,7,9H,3,6,8,15H2,1-2H3,(H,16,20). The van der Waals surface area contributed by atoms with Crippen LogP contribution >= 0.6 is 0 Å². The molecule has 6 nitrogen and oxygen atoms in total. The second kappa shape index (κ2) is 6.18. The highest BCUT2D eigenvalue weighted by Gasteiger charge is 2.12. The van der Waals surface area contributed by atoms with Gasteiger partial charge in [0.1, 0.15) is 12.1 Å². The maximum atomic E-state index is 11.8. The van der Waals surface area contributed by atoms with E-state index in [9.17, 15) is 4.79 Å². The zero-order chi connectivity index (χ0) is 14.5. The van der Waals surface area contributed by atoms with Crippen molar-refractivity contribution in [1.29, 1.82) is 0 Å². The first-order chi connectivity index (χ1) is 9.61. The summed E-state index contributed by atoms with van der Waals surface area (Å²) in [6.45, 7) is 2.95. The van der Waals surface area contributed by atoms with E-state index in [0.717, 1.165) is 17.3 Å². The normalized spacial score (nSPS) is 10.5. The van der Waals surface area contributed by atoms with Crippen molar-refractivity contribution in [3.8, 4) is 0 Å². The molecular weight excluding hydrogens is 254 g/mol. The van der Waals surface area contributed by atoms with Gasteiger partial charge in [0.05, 0.1) is 12.1 Å². The number of aromatic nitrogens is 2. The quantitative estimate of drug-likeness (QED) is 0.799. The van der Waals surface area contributed by atoms with Crippen LogP contribution in [-0.2, 0) is 4.79 Å². The lowest BCUT2D eigenvalue weighted by Gasteiger charge is -2.19. The third-order valence-electron chi connectivity index (χ3n) is 2.95. The highest BCUT2D eigenvalue weighted by Crippen LogP contribution is 2.23. The van der Waals surface area contributed by atoms with Crippen molar-refractivity contribution in [2.45, 2.75) is 13.3 Å². The largest absolute Gasteiger partial charge is 0.399 e. The van der Waals surface area contributed by atoms with Gasteiger partial charge in [0.15, 0.2) is 0 Å². The summed E-state index contributed by atoms with van der Waals surface area (Å²) < 4.78 is 0. The average molecular weight is 273 g/mol. The molecule has 2 aromatic rings. The first-order valence-electron chi connectivity index (χ1n) is 6.60. The molecular formula is C14H19N5O. The SMILES string of the molecule is CCCNC(=O)CN(C)c1ncnc2ccc(N)cc12.